The molecule has 7 heterocycles. The second-order valence-corrected chi connectivity index (χ2v) is 12.8. The van der Waals surface area contributed by atoms with Crippen LogP contribution in [-0.2, 0) is 24.4 Å². The number of morpholine rings is 1. The SMILES string of the molecule is Cn1ncc2c1OCCN1CC3CCC(CC3)(C1)n1c(nc3ccc(N4CCOCC4)cc31)NC(=O)c1cc-2c(=O)n(C)c1. The number of pyridine rings is 1. The summed E-state index contributed by atoms with van der Waals surface area (Å²) in [6.07, 6.45) is 7.50. The zero-order valence-corrected chi connectivity index (χ0v) is 25.3. The Morgan fingerprint density at radius 2 is 1.82 bits per heavy atom. The van der Waals surface area contributed by atoms with Crippen molar-refractivity contribution in [2.75, 3.05) is 62.8 Å². The second-order valence-electron chi connectivity index (χ2n) is 12.8. The Balaban J connectivity index is 1.31. The van der Waals surface area contributed by atoms with Gasteiger partial charge in [0.1, 0.15) is 6.61 Å². The largest absolute Gasteiger partial charge is 0.476 e. The average molecular weight is 599 g/mol. The van der Waals surface area contributed by atoms with Crippen LogP contribution >= 0.6 is 0 Å². The molecular formula is C32H38N8O4. The van der Waals surface area contributed by atoms with Crippen molar-refractivity contribution in [1.29, 1.82) is 0 Å². The number of carbonyl (C=O) groups excluding carboxylic acids is 1. The maximum Gasteiger partial charge on any atom is 0.259 e. The third-order valence-electron chi connectivity index (χ3n) is 10.1. The van der Waals surface area contributed by atoms with Gasteiger partial charge in [0.15, 0.2) is 0 Å². The van der Waals surface area contributed by atoms with Crippen molar-refractivity contribution in [3.8, 4) is 17.0 Å². The van der Waals surface area contributed by atoms with Gasteiger partial charge in [-0.05, 0) is 55.9 Å². The molecule has 1 N–H and O–H groups in total. The van der Waals surface area contributed by atoms with Crippen molar-refractivity contribution in [2.24, 2.45) is 20.0 Å². The lowest BCUT2D eigenvalue weighted by atomic mass is 9.78. The zero-order valence-electron chi connectivity index (χ0n) is 25.3. The first-order valence-electron chi connectivity index (χ1n) is 15.6. The van der Waals surface area contributed by atoms with E-state index in [1.165, 1.54) is 4.57 Å². The van der Waals surface area contributed by atoms with Gasteiger partial charge in [0, 0.05) is 58.7 Å². The van der Waals surface area contributed by atoms with E-state index in [1.807, 2.05) is 7.05 Å². The molecule has 3 saturated heterocycles. The summed E-state index contributed by atoms with van der Waals surface area (Å²) in [7, 11) is 3.47. The lowest BCUT2D eigenvalue weighted by molar-refractivity contribution is 0.102. The number of fused-ring (bicyclic) bond motifs is 9. The summed E-state index contributed by atoms with van der Waals surface area (Å²) in [5, 5.41) is 7.59. The van der Waals surface area contributed by atoms with Crippen LogP contribution in [0.4, 0.5) is 11.6 Å². The number of aromatic nitrogens is 5. The molecule has 9 rings (SSSR count). The number of hydrogen-bond donors (Lipinski definition) is 1. The summed E-state index contributed by atoms with van der Waals surface area (Å²) in [4.78, 5) is 37.3. The predicted molar refractivity (Wildman–Crippen MR) is 166 cm³/mol. The van der Waals surface area contributed by atoms with Gasteiger partial charge in [0.25, 0.3) is 11.5 Å². The van der Waals surface area contributed by atoms with Crippen molar-refractivity contribution in [3.05, 3.63) is 52.6 Å². The molecule has 5 bridgehead atoms. The van der Waals surface area contributed by atoms with E-state index in [1.54, 1.807) is 30.2 Å². The fourth-order valence-corrected chi connectivity index (χ4v) is 7.77. The standard InChI is InChI=1S/C32H38N8O4/c1-36-19-22-15-24(29(36)42)25-17-33-37(2)30(25)44-14-9-38-18-21-5-7-32(20-38,8-6-21)40-27-16-23(39-10-12-43-13-11-39)3-4-26(27)34-31(40)35-28(22)41/h3-4,15-17,19,21H,5-14,18,20H2,1-2H3,(H,34,35,41). The highest BCUT2D eigenvalue weighted by Crippen LogP contribution is 2.45. The number of nitrogens with one attached hydrogen (secondary N) is 1. The molecule has 230 valence electrons. The quantitative estimate of drug-likeness (QED) is 0.356. The van der Waals surface area contributed by atoms with Gasteiger partial charge in [0.2, 0.25) is 11.8 Å². The van der Waals surface area contributed by atoms with Gasteiger partial charge < -0.3 is 23.5 Å². The van der Waals surface area contributed by atoms with Crippen molar-refractivity contribution in [1.82, 2.24) is 28.8 Å². The fraction of sp³-hybridized carbons (Fsp3) is 0.500. The van der Waals surface area contributed by atoms with E-state index in [0.29, 0.717) is 54.3 Å². The van der Waals surface area contributed by atoms with Gasteiger partial charge in [0.05, 0.1) is 52.7 Å². The van der Waals surface area contributed by atoms with Gasteiger partial charge >= 0.3 is 0 Å². The first-order chi connectivity index (χ1) is 21.4. The van der Waals surface area contributed by atoms with E-state index in [-0.39, 0.29) is 17.0 Å². The Morgan fingerprint density at radius 3 is 2.64 bits per heavy atom. The van der Waals surface area contributed by atoms with E-state index < -0.39 is 0 Å². The molecule has 4 aliphatic heterocycles. The van der Waals surface area contributed by atoms with Crippen LogP contribution in [0, 0.1) is 5.92 Å². The van der Waals surface area contributed by atoms with E-state index in [9.17, 15) is 9.59 Å². The number of hydrogen-bond acceptors (Lipinski definition) is 8. The first kappa shape index (κ1) is 27.4. The Bertz CT molecular complexity index is 1810. The number of ether oxygens (including phenoxy) is 2. The third-order valence-corrected chi connectivity index (χ3v) is 10.1. The summed E-state index contributed by atoms with van der Waals surface area (Å²) in [5.74, 6) is 1.38. The smallest absolute Gasteiger partial charge is 0.259 e. The van der Waals surface area contributed by atoms with E-state index in [4.69, 9.17) is 14.5 Å². The molecule has 1 spiro atoms. The van der Waals surface area contributed by atoms with Gasteiger partial charge in [-0.3, -0.25) is 19.8 Å². The van der Waals surface area contributed by atoms with Crippen LogP contribution in [0.2, 0.25) is 0 Å². The number of imidazole rings is 1. The molecule has 1 aliphatic carbocycles. The molecule has 5 aliphatic rings. The number of aryl methyl sites for hydroxylation is 2. The van der Waals surface area contributed by atoms with Crippen molar-refractivity contribution in [2.45, 2.75) is 31.2 Å². The Hall–Kier alpha value is -4.16. The normalized spacial score (nSPS) is 25.3. The Labute approximate surface area is 255 Å². The number of benzene rings is 1. The minimum atomic E-state index is -0.316. The summed E-state index contributed by atoms with van der Waals surface area (Å²) in [5.41, 5.74) is 3.88. The maximum atomic E-state index is 14.0. The van der Waals surface area contributed by atoms with Crippen LogP contribution in [-0.4, -0.2) is 87.3 Å². The van der Waals surface area contributed by atoms with Crippen LogP contribution in [0.1, 0.15) is 36.0 Å². The molecule has 1 aromatic carbocycles. The van der Waals surface area contributed by atoms with Crippen molar-refractivity contribution >= 4 is 28.6 Å². The van der Waals surface area contributed by atoms with Crippen LogP contribution in [0.3, 0.4) is 0 Å². The summed E-state index contributed by atoms with van der Waals surface area (Å²) >= 11 is 0. The number of amides is 1. The third kappa shape index (κ3) is 4.50. The number of rotatable bonds is 1. The summed E-state index contributed by atoms with van der Waals surface area (Å²) in [6.45, 7) is 6.17. The topological polar surface area (TPSA) is 112 Å². The van der Waals surface area contributed by atoms with Gasteiger partial charge in [-0.2, -0.15) is 5.10 Å². The minimum absolute atomic E-state index is 0.223. The van der Waals surface area contributed by atoms with Gasteiger partial charge in [-0.1, -0.05) is 0 Å². The monoisotopic (exact) mass is 598 g/mol. The van der Waals surface area contributed by atoms with Crippen LogP contribution in [0.5, 0.6) is 5.88 Å². The van der Waals surface area contributed by atoms with Crippen molar-refractivity contribution < 1.29 is 14.3 Å². The second kappa shape index (κ2) is 10.5. The summed E-state index contributed by atoms with van der Waals surface area (Å²) in [6, 6.07) is 8.08. The first-order valence-corrected chi connectivity index (χ1v) is 15.6. The zero-order chi connectivity index (χ0) is 30.0. The van der Waals surface area contributed by atoms with Crippen LogP contribution < -0.4 is 20.5 Å². The molecule has 1 atom stereocenters. The molecule has 0 radical (unpaired) electrons. The molecule has 3 aromatic heterocycles. The number of anilines is 2. The Morgan fingerprint density at radius 1 is 1.00 bits per heavy atom. The molecule has 12 heteroatoms. The number of carbonyl (C=O) groups is 1. The van der Waals surface area contributed by atoms with Crippen LogP contribution in [0.25, 0.3) is 22.2 Å². The molecule has 12 nitrogen and oxygen atoms in total. The summed E-state index contributed by atoms with van der Waals surface area (Å²) < 4.78 is 17.4. The molecule has 1 unspecified atom stereocenters. The van der Waals surface area contributed by atoms with Gasteiger partial charge in [-0.15, -0.1) is 0 Å². The molecule has 1 amide bonds. The van der Waals surface area contributed by atoms with Gasteiger partial charge in [-0.25, -0.2) is 9.67 Å². The average Bonchev–Trinajstić information content (AvgIpc) is 3.45. The molecule has 4 aromatic rings. The molecule has 44 heavy (non-hydrogen) atoms. The lowest BCUT2D eigenvalue weighted by Gasteiger charge is -2.40. The minimum Gasteiger partial charge on any atom is -0.476 e. The molecular weight excluding hydrogens is 560 g/mol. The Kier molecular flexibility index (Phi) is 6.53. The predicted octanol–water partition coefficient (Wildman–Crippen LogP) is 2.82. The highest BCUT2D eigenvalue weighted by molar-refractivity contribution is 6.04. The van der Waals surface area contributed by atoms with E-state index in [2.05, 4.69) is 43.0 Å². The van der Waals surface area contributed by atoms with E-state index >= 15 is 0 Å². The maximum absolute atomic E-state index is 14.0. The fourth-order valence-electron chi connectivity index (χ4n) is 7.77. The van der Waals surface area contributed by atoms with E-state index in [0.717, 1.165) is 75.1 Å². The number of nitrogens with zero attached hydrogens (tertiary/aromatic N) is 7. The lowest BCUT2D eigenvalue weighted by Crippen LogP contribution is -2.45. The highest BCUT2D eigenvalue weighted by atomic mass is 16.5. The highest BCUT2D eigenvalue weighted by Gasteiger charge is 2.44. The van der Waals surface area contributed by atoms with Crippen molar-refractivity contribution in [3.63, 3.8) is 0 Å². The molecule has 4 fully saturated rings. The van der Waals surface area contributed by atoms with Crippen LogP contribution in [0.15, 0.2) is 41.5 Å². The molecule has 1 saturated carbocycles.